The van der Waals surface area contributed by atoms with Crippen molar-refractivity contribution in [3.63, 3.8) is 0 Å². The van der Waals surface area contributed by atoms with E-state index in [1.165, 1.54) is 6.20 Å². The van der Waals surface area contributed by atoms with Gasteiger partial charge in [0.15, 0.2) is 5.65 Å². The van der Waals surface area contributed by atoms with Crippen molar-refractivity contribution in [3.05, 3.63) is 66.2 Å². The summed E-state index contributed by atoms with van der Waals surface area (Å²) in [7, 11) is 0. The zero-order valence-corrected chi connectivity index (χ0v) is 17.4. The molecule has 0 fully saturated rings. The highest BCUT2D eigenvalue weighted by Gasteiger charge is 2.18. The molecule has 0 aliphatic rings. The van der Waals surface area contributed by atoms with E-state index in [0.717, 1.165) is 16.8 Å². The number of hydrogen-bond donors (Lipinski definition) is 1. The molecule has 31 heavy (non-hydrogen) atoms. The van der Waals surface area contributed by atoms with Crippen LogP contribution >= 0.6 is 0 Å². The van der Waals surface area contributed by atoms with Crippen LogP contribution in [-0.4, -0.2) is 42.9 Å². The van der Waals surface area contributed by atoms with E-state index in [9.17, 15) is 9.59 Å². The lowest BCUT2D eigenvalue weighted by Gasteiger charge is -2.13. The molecule has 9 heteroatoms. The number of nitrogens with one attached hydrogen (secondary N) is 1. The SMILES string of the molecule is CCOC(=O)c1cnn2c(-c3cccc(NC(=O)C(C)n4cc(C)cn4)c3)ccnc12. The molecular formula is C22H22N6O3. The van der Waals surface area contributed by atoms with Gasteiger partial charge in [0.05, 0.1) is 24.7 Å². The Kier molecular flexibility index (Phi) is 5.48. The van der Waals surface area contributed by atoms with Gasteiger partial charge in [-0.1, -0.05) is 12.1 Å². The van der Waals surface area contributed by atoms with E-state index in [-0.39, 0.29) is 12.5 Å². The van der Waals surface area contributed by atoms with Crippen LogP contribution in [0.15, 0.2) is 55.1 Å². The summed E-state index contributed by atoms with van der Waals surface area (Å²) in [5.41, 5.74) is 3.88. The number of ether oxygens (including phenoxy) is 1. The van der Waals surface area contributed by atoms with Crippen LogP contribution in [0.5, 0.6) is 0 Å². The van der Waals surface area contributed by atoms with Crippen molar-refractivity contribution in [3.8, 4) is 11.3 Å². The highest BCUT2D eigenvalue weighted by Crippen LogP contribution is 2.24. The molecule has 0 aliphatic carbocycles. The van der Waals surface area contributed by atoms with Gasteiger partial charge in [-0.3, -0.25) is 9.48 Å². The molecule has 0 radical (unpaired) electrons. The molecule has 0 saturated carbocycles. The number of aryl methyl sites for hydroxylation is 1. The predicted molar refractivity (Wildman–Crippen MR) is 115 cm³/mol. The van der Waals surface area contributed by atoms with Gasteiger partial charge < -0.3 is 10.1 Å². The van der Waals surface area contributed by atoms with E-state index in [2.05, 4.69) is 20.5 Å². The largest absolute Gasteiger partial charge is 0.462 e. The summed E-state index contributed by atoms with van der Waals surface area (Å²) >= 11 is 0. The standard InChI is InChI=1S/C22H22N6O3/c1-4-31-22(30)18-12-25-28-19(8-9-23-20(18)28)16-6-5-7-17(10-16)26-21(29)15(3)27-13-14(2)11-24-27/h5-13,15H,4H2,1-3H3,(H,26,29). The zero-order valence-electron chi connectivity index (χ0n) is 17.4. The highest BCUT2D eigenvalue weighted by atomic mass is 16.5. The maximum Gasteiger partial charge on any atom is 0.343 e. The van der Waals surface area contributed by atoms with E-state index >= 15 is 0 Å². The summed E-state index contributed by atoms with van der Waals surface area (Å²) in [6, 6.07) is 8.74. The highest BCUT2D eigenvalue weighted by molar-refractivity contribution is 5.96. The van der Waals surface area contributed by atoms with Gasteiger partial charge in [-0.25, -0.2) is 14.3 Å². The molecule has 1 amide bonds. The number of benzene rings is 1. The average molecular weight is 418 g/mol. The van der Waals surface area contributed by atoms with Gasteiger partial charge in [0.2, 0.25) is 5.91 Å². The maximum absolute atomic E-state index is 12.7. The van der Waals surface area contributed by atoms with E-state index in [4.69, 9.17) is 4.74 Å². The van der Waals surface area contributed by atoms with Gasteiger partial charge in [-0.2, -0.15) is 10.2 Å². The Balaban J connectivity index is 1.62. The van der Waals surface area contributed by atoms with Gasteiger partial charge in [-0.15, -0.1) is 0 Å². The molecule has 0 aliphatic heterocycles. The number of hydrogen-bond acceptors (Lipinski definition) is 6. The molecule has 9 nitrogen and oxygen atoms in total. The second-order valence-electron chi connectivity index (χ2n) is 7.09. The molecule has 1 atom stereocenters. The lowest BCUT2D eigenvalue weighted by atomic mass is 10.1. The van der Waals surface area contributed by atoms with E-state index in [1.807, 2.05) is 37.4 Å². The van der Waals surface area contributed by atoms with E-state index in [1.54, 1.807) is 41.5 Å². The molecule has 0 spiro atoms. The summed E-state index contributed by atoms with van der Waals surface area (Å²) < 4.78 is 8.29. The minimum Gasteiger partial charge on any atom is -0.462 e. The number of amides is 1. The minimum absolute atomic E-state index is 0.177. The third-order valence-corrected chi connectivity index (χ3v) is 4.83. The molecule has 3 heterocycles. The summed E-state index contributed by atoms with van der Waals surface area (Å²) in [6.45, 7) is 5.74. The van der Waals surface area contributed by atoms with Crippen molar-refractivity contribution >= 4 is 23.2 Å². The van der Waals surface area contributed by atoms with Gasteiger partial charge in [0.1, 0.15) is 11.6 Å². The fraction of sp³-hybridized carbons (Fsp3) is 0.227. The third-order valence-electron chi connectivity index (χ3n) is 4.83. The van der Waals surface area contributed by atoms with Gasteiger partial charge >= 0.3 is 5.97 Å². The Morgan fingerprint density at radius 1 is 1.19 bits per heavy atom. The molecular weight excluding hydrogens is 396 g/mol. The summed E-state index contributed by atoms with van der Waals surface area (Å²) in [6.07, 6.45) is 6.60. The fourth-order valence-corrected chi connectivity index (χ4v) is 3.23. The van der Waals surface area contributed by atoms with Crippen LogP contribution in [0.4, 0.5) is 5.69 Å². The zero-order chi connectivity index (χ0) is 22.0. The Morgan fingerprint density at radius 3 is 2.77 bits per heavy atom. The number of nitrogens with zero attached hydrogens (tertiary/aromatic N) is 5. The normalized spacial score (nSPS) is 12.0. The fourth-order valence-electron chi connectivity index (χ4n) is 3.23. The number of rotatable bonds is 6. The molecule has 158 valence electrons. The average Bonchev–Trinajstić information content (AvgIpc) is 3.39. The topological polar surface area (TPSA) is 103 Å². The molecule has 1 aromatic carbocycles. The van der Waals surface area contributed by atoms with E-state index < -0.39 is 12.0 Å². The number of carbonyl (C=O) groups is 2. The van der Waals surface area contributed by atoms with Crippen LogP contribution in [0, 0.1) is 6.92 Å². The lowest BCUT2D eigenvalue weighted by molar-refractivity contribution is -0.119. The first-order valence-electron chi connectivity index (χ1n) is 9.90. The van der Waals surface area contributed by atoms with Crippen LogP contribution in [0.3, 0.4) is 0 Å². The van der Waals surface area contributed by atoms with Crippen molar-refractivity contribution in [1.82, 2.24) is 24.4 Å². The maximum atomic E-state index is 12.7. The molecule has 4 rings (SSSR count). The van der Waals surface area contributed by atoms with Crippen LogP contribution < -0.4 is 5.32 Å². The summed E-state index contributed by atoms with van der Waals surface area (Å²) in [5.74, 6) is -0.644. The Labute approximate surface area is 178 Å². The smallest absolute Gasteiger partial charge is 0.343 e. The minimum atomic E-state index is -0.467. The first-order chi connectivity index (χ1) is 15.0. The molecule has 1 unspecified atom stereocenters. The van der Waals surface area contributed by atoms with Crippen molar-refractivity contribution in [2.24, 2.45) is 0 Å². The number of anilines is 1. The van der Waals surface area contributed by atoms with Crippen molar-refractivity contribution in [1.29, 1.82) is 0 Å². The Bertz CT molecular complexity index is 1260. The van der Waals surface area contributed by atoms with Crippen LogP contribution in [0.2, 0.25) is 0 Å². The molecule has 0 bridgehead atoms. The number of aromatic nitrogens is 5. The third kappa shape index (κ3) is 4.02. The van der Waals surface area contributed by atoms with Gasteiger partial charge in [-0.05, 0) is 44.5 Å². The quantitative estimate of drug-likeness (QED) is 0.482. The second-order valence-corrected chi connectivity index (χ2v) is 7.09. The Morgan fingerprint density at radius 2 is 2.03 bits per heavy atom. The number of esters is 1. The first kappa shape index (κ1) is 20.3. The summed E-state index contributed by atoms with van der Waals surface area (Å²) in [5, 5.41) is 11.4. The Hall–Kier alpha value is -4.01. The lowest BCUT2D eigenvalue weighted by Crippen LogP contribution is -2.24. The van der Waals surface area contributed by atoms with Crippen LogP contribution in [0.1, 0.15) is 35.8 Å². The van der Waals surface area contributed by atoms with Crippen molar-refractivity contribution in [2.45, 2.75) is 26.8 Å². The predicted octanol–water partition coefficient (Wildman–Crippen LogP) is 3.28. The first-order valence-corrected chi connectivity index (χ1v) is 9.90. The van der Waals surface area contributed by atoms with Crippen molar-refractivity contribution < 1.29 is 14.3 Å². The van der Waals surface area contributed by atoms with Gasteiger partial charge in [0.25, 0.3) is 0 Å². The number of fused-ring (bicyclic) bond motifs is 1. The van der Waals surface area contributed by atoms with Crippen LogP contribution in [0.25, 0.3) is 16.9 Å². The monoisotopic (exact) mass is 418 g/mol. The molecule has 0 saturated heterocycles. The number of carbonyl (C=O) groups excluding carboxylic acids is 2. The van der Waals surface area contributed by atoms with Gasteiger partial charge in [0, 0.05) is 23.6 Å². The second kappa shape index (κ2) is 8.39. The molecule has 4 aromatic rings. The van der Waals surface area contributed by atoms with Crippen LogP contribution in [-0.2, 0) is 9.53 Å². The molecule has 1 N–H and O–H groups in total. The summed E-state index contributed by atoms with van der Waals surface area (Å²) in [4.78, 5) is 29.1. The van der Waals surface area contributed by atoms with Crippen molar-refractivity contribution in [2.75, 3.05) is 11.9 Å². The van der Waals surface area contributed by atoms with E-state index in [0.29, 0.717) is 16.9 Å². The molecule has 3 aromatic heterocycles.